The molecular weight excluding hydrogens is 569 g/mol. The lowest BCUT2D eigenvalue weighted by atomic mass is 9.85. The molecule has 47 heavy (non-hydrogen) atoms. The Hall–Kier alpha value is -6.21. The van der Waals surface area contributed by atoms with Gasteiger partial charge in [0.25, 0.3) is 0 Å². The van der Waals surface area contributed by atoms with Crippen molar-refractivity contribution in [3.63, 3.8) is 0 Å². The first-order valence-corrected chi connectivity index (χ1v) is 16.1. The molecular formula is C45H28N2. The quantitative estimate of drug-likeness (QED) is 0.186. The van der Waals surface area contributed by atoms with Crippen LogP contribution >= 0.6 is 0 Å². The summed E-state index contributed by atoms with van der Waals surface area (Å²) in [4.78, 5) is 4.92. The van der Waals surface area contributed by atoms with E-state index in [9.17, 15) is 0 Å². The van der Waals surface area contributed by atoms with Gasteiger partial charge in [-0.05, 0) is 97.8 Å². The molecule has 10 rings (SSSR count). The molecule has 0 N–H and O–H groups in total. The van der Waals surface area contributed by atoms with Crippen molar-refractivity contribution in [2.24, 2.45) is 0 Å². The summed E-state index contributed by atoms with van der Waals surface area (Å²) in [5.41, 5.74) is 14.5. The molecule has 2 heteroatoms. The van der Waals surface area contributed by atoms with Gasteiger partial charge in [0.05, 0.1) is 10.9 Å². The molecule has 2 nitrogen and oxygen atoms in total. The SMILES string of the molecule is Cc1ccnc2c1c1cc(-c3c4ccccc4c(-c4ccc(-c5ccccc5)cc4)c4ccccc34)cc3c4c(n2c31)=CC=CC=C=4. The number of aryl methyl sites for hydroxylation is 1. The summed E-state index contributed by atoms with van der Waals surface area (Å²) in [7, 11) is 0. The third-order valence-corrected chi connectivity index (χ3v) is 9.91. The Kier molecular flexibility index (Phi) is 5.48. The van der Waals surface area contributed by atoms with Crippen LogP contribution in [0.2, 0.25) is 0 Å². The van der Waals surface area contributed by atoms with E-state index in [1.807, 2.05) is 12.3 Å². The topological polar surface area (TPSA) is 17.3 Å². The van der Waals surface area contributed by atoms with E-state index in [4.69, 9.17) is 4.98 Å². The van der Waals surface area contributed by atoms with Gasteiger partial charge in [0.2, 0.25) is 0 Å². The second-order valence-corrected chi connectivity index (χ2v) is 12.5. The summed E-state index contributed by atoms with van der Waals surface area (Å²) in [6.45, 7) is 2.20. The third kappa shape index (κ3) is 3.71. The highest BCUT2D eigenvalue weighted by atomic mass is 15.0. The van der Waals surface area contributed by atoms with Gasteiger partial charge in [-0.25, -0.2) is 4.98 Å². The smallest absolute Gasteiger partial charge is 0.145 e. The van der Waals surface area contributed by atoms with E-state index in [0.29, 0.717) is 0 Å². The number of aromatic nitrogens is 2. The van der Waals surface area contributed by atoms with E-state index in [2.05, 4.69) is 157 Å². The number of allylic oxidation sites excluding steroid dienone is 3. The van der Waals surface area contributed by atoms with Gasteiger partial charge in [0, 0.05) is 27.6 Å². The van der Waals surface area contributed by atoms with E-state index in [1.165, 1.54) is 82.2 Å². The molecule has 0 atom stereocenters. The molecule has 1 aliphatic rings. The predicted octanol–water partition coefficient (Wildman–Crippen LogP) is 9.98. The van der Waals surface area contributed by atoms with Crippen LogP contribution in [0.25, 0.3) is 94.1 Å². The molecule has 0 saturated heterocycles. The molecule has 0 spiro atoms. The van der Waals surface area contributed by atoms with Crippen LogP contribution in [0.4, 0.5) is 0 Å². The van der Waals surface area contributed by atoms with Gasteiger partial charge >= 0.3 is 0 Å². The summed E-state index contributed by atoms with van der Waals surface area (Å²) in [6.07, 6.45) is 10.3. The fourth-order valence-electron chi connectivity index (χ4n) is 7.89. The van der Waals surface area contributed by atoms with Crippen molar-refractivity contribution in [3.05, 3.63) is 162 Å². The minimum atomic E-state index is 1.00. The predicted molar refractivity (Wildman–Crippen MR) is 198 cm³/mol. The average Bonchev–Trinajstić information content (AvgIpc) is 3.50. The highest BCUT2D eigenvalue weighted by Gasteiger charge is 2.22. The lowest BCUT2D eigenvalue weighted by Crippen LogP contribution is -2.24. The van der Waals surface area contributed by atoms with Crippen molar-refractivity contribution in [1.29, 1.82) is 0 Å². The molecule has 0 fully saturated rings. The largest absolute Gasteiger partial charge is 0.292 e. The molecule has 0 saturated carbocycles. The molecule has 1 aliphatic carbocycles. The second kappa shape index (κ2) is 9.89. The summed E-state index contributed by atoms with van der Waals surface area (Å²) in [5, 5.41) is 10.9. The minimum absolute atomic E-state index is 1.00. The van der Waals surface area contributed by atoms with E-state index >= 15 is 0 Å². The second-order valence-electron chi connectivity index (χ2n) is 12.5. The van der Waals surface area contributed by atoms with Crippen molar-refractivity contribution in [2.75, 3.05) is 0 Å². The molecule has 0 amide bonds. The Morgan fingerprint density at radius 3 is 1.85 bits per heavy atom. The summed E-state index contributed by atoms with van der Waals surface area (Å²) in [6, 6.07) is 44.4. The highest BCUT2D eigenvalue weighted by molar-refractivity contribution is 6.24. The van der Waals surface area contributed by atoms with Crippen LogP contribution < -0.4 is 10.6 Å². The maximum absolute atomic E-state index is 4.92. The lowest BCUT2D eigenvalue weighted by molar-refractivity contribution is 1.16. The van der Waals surface area contributed by atoms with E-state index in [-0.39, 0.29) is 0 Å². The van der Waals surface area contributed by atoms with Crippen LogP contribution in [0.15, 0.2) is 146 Å². The molecule has 6 aromatic carbocycles. The number of pyridine rings is 1. The number of hydrogen-bond acceptors (Lipinski definition) is 1. The van der Waals surface area contributed by atoms with Gasteiger partial charge < -0.3 is 0 Å². The third-order valence-electron chi connectivity index (χ3n) is 9.91. The van der Waals surface area contributed by atoms with Gasteiger partial charge in [-0.3, -0.25) is 4.40 Å². The van der Waals surface area contributed by atoms with E-state index < -0.39 is 0 Å². The fraction of sp³-hybridized carbons (Fsp3) is 0.0222. The van der Waals surface area contributed by atoms with Crippen molar-refractivity contribution in [1.82, 2.24) is 9.38 Å². The lowest BCUT2D eigenvalue weighted by Gasteiger charge is -2.18. The normalized spacial score (nSPS) is 12.6. The van der Waals surface area contributed by atoms with Crippen molar-refractivity contribution < 1.29 is 0 Å². The summed E-state index contributed by atoms with van der Waals surface area (Å²) in [5.74, 6) is 0. The zero-order valence-electron chi connectivity index (χ0n) is 25.8. The monoisotopic (exact) mass is 596 g/mol. The van der Waals surface area contributed by atoms with Crippen molar-refractivity contribution >= 4 is 60.7 Å². The van der Waals surface area contributed by atoms with Crippen LogP contribution in [0.5, 0.6) is 0 Å². The molecule has 0 bridgehead atoms. The standard InChI is InChI=1S/C45H28N2/c1-28-24-25-46-45-41(28)39-27-32(26-38-33-14-6-3-7-19-40(33)47(45)44(38)39)43-36-17-10-8-15-34(36)42(35-16-9-11-18-37(35)43)31-22-20-30(21-23-31)29-12-4-2-5-13-29/h2-13,15-27H,1H3. The van der Waals surface area contributed by atoms with Crippen LogP contribution in [0.3, 0.4) is 0 Å². The van der Waals surface area contributed by atoms with Gasteiger partial charge in [-0.15, -0.1) is 5.73 Å². The van der Waals surface area contributed by atoms with Gasteiger partial charge in [0.15, 0.2) is 0 Å². The number of rotatable bonds is 3. The molecule has 218 valence electrons. The molecule has 3 aromatic heterocycles. The van der Waals surface area contributed by atoms with Crippen LogP contribution in [-0.4, -0.2) is 9.38 Å². The van der Waals surface area contributed by atoms with Gasteiger partial charge in [-0.2, -0.15) is 0 Å². The molecule has 9 aromatic rings. The van der Waals surface area contributed by atoms with E-state index in [0.717, 1.165) is 16.2 Å². The van der Waals surface area contributed by atoms with Gasteiger partial charge in [0.1, 0.15) is 5.65 Å². The highest BCUT2D eigenvalue weighted by Crippen LogP contribution is 2.45. The molecule has 0 aliphatic heterocycles. The Morgan fingerprint density at radius 2 is 1.15 bits per heavy atom. The Labute approximate surface area is 271 Å². The number of fused-ring (bicyclic) bond motifs is 8. The average molecular weight is 597 g/mol. The molecule has 3 heterocycles. The van der Waals surface area contributed by atoms with Crippen LogP contribution in [-0.2, 0) is 0 Å². The first kappa shape index (κ1) is 26.1. The fourth-order valence-corrected chi connectivity index (χ4v) is 7.89. The van der Waals surface area contributed by atoms with Gasteiger partial charge in [-0.1, -0.05) is 115 Å². The molecule has 0 radical (unpaired) electrons. The number of benzene rings is 6. The van der Waals surface area contributed by atoms with E-state index in [1.54, 1.807) is 0 Å². The number of nitrogens with zero attached hydrogens (tertiary/aromatic N) is 2. The Balaban J connectivity index is 1.32. The van der Waals surface area contributed by atoms with Crippen molar-refractivity contribution in [3.8, 4) is 33.4 Å². The Morgan fingerprint density at radius 1 is 0.553 bits per heavy atom. The van der Waals surface area contributed by atoms with Crippen LogP contribution in [0.1, 0.15) is 5.56 Å². The zero-order chi connectivity index (χ0) is 31.1. The Bertz CT molecular complexity index is 2860. The van der Waals surface area contributed by atoms with Crippen molar-refractivity contribution in [2.45, 2.75) is 6.92 Å². The minimum Gasteiger partial charge on any atom is -0.292 e. The first-order valence-electron chi connectivity index (χ1n) is 16.1. The summed E-state index contributed by atoms with van der Waals surface area (Å²) < 4.78 is 2.33. The maximum Gasteiger partial charge on any atom is 0.145 e. The molecule has 0 unspecified atom stereocenters. The first-order chi connectivity index (χ1) is 23.3. The number of hydrogen-bond donors (Lipinski definition) is 0. The van der Waals surface area contributed by atoms with Crippen LogP contribution in [0, 0.1) is 6.92 Å². The summed E-state index contributed by atoms with van der Waals surface area (Å²) >= 11 is 0. The zero-order valence-corrected chi connectivity index (χ0v) is 25.8. The maximum atomic E-state index is 4.92.